The Hall–Kier alpha value is -2.40. The second-order valence-electron chi connectivity index (χ2n) is 6.64. The van der Waals surface area contributed by atoms with Gasteiger partial charge in [0.1, 0.15) is 0 Å². The molecule has 1 aromatic carbocycles. The van der Waals surface area contributed by atoms with Gasteiger partial charge >= 0.3 is 0 Å². The number of aryl methyl sites for hydroxylation is 2. The van der Waals surface area contributed by atoms with E-state index in [-0.39, 0.29) is 31.6 Å². The first-order chi connectivity index (χ1) is 13.4. The van der Waals surface area contributed by atoms with Crippen LogP contribution in [0.15, 0.2) is 53.9 Å². The largest absolute Gasteiger partial charge is 0.512 e. The molecule has 0 aliphatic rings. The number of thiophene rings is 1. The summed E-state index contributed by atoms with van der Waals surface area (Å²) in [5.41, 5.74) is 5.39. The van der Waals surface area contributed by atoms with Crippen LogP contribution in [-0.4, -0.2) is 20.9 Å². The number of pyridine rings is 2. The van der Waals surface area contributed by atoms with Crippen LogP contribution in [-0.2, 0) is 24.9 Å². The van der Waals surface area contributed by atoms with E-state index in [0.29, 0.717) is 0 Å². The SMILES string of the molecule is CC(=O)/C=C(/C)O.Cc1cnc2c(c1)c(-c1ncccc1C)[c-]c1ccsc12.[Ir]. The predicted molar refractivity (Wildman–Crippen MR) is 116 cm³/mol. The summed E-state index contributed by atoms with van der Waals surface area (Å²) in [6.07, 6.45) is 4.93. The van der Waals surface area contributed by atoms with Gasteiger partial charge in [-0.15, -0.1) is 17.5 Å². The molecule has 0 unspecified atom stereocenters. The Kier molecular flexibility index (Phi) is 7.80. The van der Waals surface area contributed by atoms with Crippen LogP contribution in [0, 0.1) is 19.9 Å². The summed E-state index contributed by atoms with van der Waals surface area (Å²) in [5, 5.41) is 12.7. The van der Waals surface area contributed by atoms with Crippen molar-refractivity contribution < 1.29 is 30.0 Å². The normalized spacial score (nSPS) is 11.0. The van der Waals surface area contributed by atoms with Crippen LogP contribution in [0.2, 0.25) is 0 Å². The number of fused-ring (bicyclic) bond motifs is 3. The van der Waals surface area contributed by atoms with E-state index in [1.165, 1.54) is 24.6 Å². The molecule has 0 bridgehead atoms. The van der Waals surface area contributed by atoms with Crippen LogP contribution < -0.4 is 0 Å². The Morgan fingerprint density at radius 3 is 2.59 bits per heavy atom. The number of hydrogen-bond acceptors (Lipinski definition) is 5. The zero-order chi connectivity index (χ0) is 20.3. The van der Waals surface area contributed by atoms with Gasteiger partial charge in [-0.25, -0.2) is 0 Å². The monoisotopic (exact) mass is 582 g/mol. The van der Waals surface area contributed by atoms with Crippen LogP contribution >= 0.6 is 11.3 Å². The summed E-state index contributed by atoms with van der Waals surface area (Å²) < 4.78 is 1.20. The first-order valence-corrected chi connectivity index (χ1v) is 9.73. The van der Waals surface area contributed by atoms with Gasteiger partial charge < -0.3 is 5.11 Å². The Morgan fingerprint density at radius 2 is 1.97 bits per heavy atom. The molecular weight excluding hydrogens is 561 g/mol. The smallest absolute Gasteiger partial charge is 0.155 e. The van der Waals surface area contributed by atoms with Crippen molar-refractivity contribution in [2.75, 3.05) is 0 Å². The molecule has 151 valence electrons. The van der Waals surface area contributed by atoms with Crippen LogP contribution in [0.1, 0.15) is 25.0 Å². The molecular formula is C23H21IrN2O2S-. The Bertz CT molecular complexity index is 1190. The van der Waals surface area contributed by atoms with Gasteiger partial charge in [-0.1, -0.05) is 28.6 Å². The second-order valence-corrected chi connectivity index (χ2v) is 7.55. The number of carbonyl (C=O) groups is 1. The summed E-state index contributed by atoms with van der Waals surface area (Å²) in [6, 6.07) is 11.9. The summed E-state index contributed by atoms with van der Waals surface area (Å²) in [6.45, 7) is 7.00. The second kappa shape index (κ2) is 9.88. The van der Waals surface area contributed by atoms with Crippen molar-refractivity contribution in [1.82, 2.24) is 9.97 Å². The number of ketones is 1. The van der Waals surface area contributed by atoms with Gasteiger partial charge in [0.2, 0.25) is 0 Å². The van der Waals surface area contributed by atoms with E-state index >= 15 is 0 Å². The molecule has 29 heavy (non-hydrogen) atoms. The quantitative estimate of drug-likeness (QED) is 0.180. The summed E-state index contributed by atoms with van der Waals surface area (Å²) >= 11 is 1.72. The molecule has 0 spiro atoms. The molecule has 0 aliphatic carbocycles. The Morgan fingerprint density at radius 1 is 1.21 bits per heavy atom. The number of benzene rings is 1. The number of rotatable bonds is 2. The van der Waals surface area contributed by atoms with Crippen molar-refractivity contribution >= 4 is 38.1 Å². The van der Waals surface area contributed by atoms with Gasteiger partial charge in [0.25, 0.3) is 0 Å². The summed E-state index contributed by atoms with van der Waals surface area (Å²) in [7, 11) is 0. The molecule has 4 aromatic rings. The van der Waals surface area contributed by atoms with E-state index in [9.17, 15) is 4.79 Å². The minimum Gasteiger partial charge on any atom is -0.512 e. The predicted octanol–water partition coefficient (Wildman–Crippen LogP) is 5.96. The Balaban J connectivity index is 0.000000327. The Labute approximate surface area is 187 Å². The molecule has 0 fully saturated rings. The van der Waals surface area contributed by atoms with Crippen molar-refractivity contribution in [3.8, 4) is 11.3 Å². The molecule has 6 heteroatoms. The van der Waals surface area contributed by atoms with Gasteiger partial charge in [-0.05, 0) is 49.4 Å². The minimum absolute atomic E-state index is 0. The maximum absolute atomic E-state index is 10.0. The average molecular weight is 582 g/mol. The van der Waals surface area contributed by atoms with Crippen molar-refractivity contribution in [2.45, 2.75) is 27.7 Å². The van der Waals surface area contributed by atoms with Crippen LogP contribution in [0.5, 0.6) is 0 Å². The number of nitrogens with zero attached hydrogens (tertiary/aromatic N) is 2. The third-order valence-corrected chi connectivity index (χ3v) is 5.01. The molecule has 1 N–H and O–H groups in total. The van der Waals surface area contributed by atoms with E-state index in [1.54, 1.807) is 11.3 Å². The molecule has 0 atom stereocenters. The van der Waals surface area contributed by atoms with Gasteiger partial charge in [0.15, 0.2) is 5.78 Å². The fourth-order valence-corrected chi connectivity index (χ4v) is 3.82. The first kappa shape index (κ1) is 22.9. The van der Waals surface area contributed by atoms with E-state index in [4.69, 9.17) is 5.11 Å². The molecule has 4 nitrogen and oxygen atoms in total. The number of allylic oxidation sites excluding steroid dienone is 2. The number of aliphatic hydroxyl groups excluding tert-OH is 1. The van der Waals surface area contributed by atoms with Gasteiger partial charge in [-0.3, -0.25) is 14.8 Å². The number of carbonyl (C=O) groups excluding carboxylic acids is 1. The van der Waals surface area contributed by atoms with Crippen LogP contribution in [0.4, 0.5) is 0 Å². The van der Waals surface area contributed by atoms with Crippen LogP contribution in [0.3, 0.4) is 0 Å². The van der Waals surface area contributed by atoms with E-state index < -0.39 is 0 Å². The van der Waals surface area contributed by atoms with Gasteiger partial charge in [0, 0.05) is 49.8 Å². The standard InChI is InChI=1S/C18H13N2S.C5H8O2.Ir/c1-11-8-14-15(16-12(2)4-3-6-19-16)9-13-5-7-21-18(13)17(14)20-10-11;1-4(6)3-5(2)7;/h3-8,10H,1-2H3;3,6H,1-2H3;/q-1;;/b;4-3-;. The molecule has 0 saturated carbocycles. The van der Waals surface area contributed by atoms with Gasteiger partial charge in [-0.2, -0.15) is 11.3 Å². The number of hydrogen-bond donors (Lipinski definition) is 1. The van der Waals surface area contributed by atoms with Crippen molar-refractivity contribution in [1.29, 1.82) is 0 Å². The van der Waals surface area contributed by atoms with Crippen molar-refractivity contribution in [3.63, 3.8) is 0 Å². The molecule has 4 rings (SSSR count). The van der Waals surface area contributed by atoms with Crippen molar-refractivity contribution in [3.05, 3.63) is 71.1 Å². The molecule has 1 radical (unpaired) electrons. The first-order valence-electron chi connectivity index (χ1n) is 8.85. The fourth-order valence-electron chi connectivity index (χ4n) is 2.96. The molecule has 3 aromatic heterocycles. The van der Waals surface area contributed by atoms with Crippen molar-refractivity contribution in [2.24, 2.45) is 0 Å². The number of aromatic nitrogens is 2. The van der Waals surface area contributed by atoms with Gasteiger partial charge in [0.05, 0.1) is 5.76 Å². The molecule has 0 amide bonds. The fraction of sp³-hybridized carbons (Fsp3) is 0.174. The third-order valence-electron chi connectivity index (χ3n) is 4.09. The molecule has 0 saturated heterocycles. The number of aliphatic hydroxyl groups is 1. The van der Waals surface area contributed by atoms with E-state index in [1.807, 2.05) is 18.5 Å². The summed E-state index contributed by atoms with van der Waals surface area (Å²) in [4.78, 5) is 19.2. The zero-order valence-corrected chi connectivity index (χ0v) is 19.8. The molecule has 0 aliphatic heterocycles. The molecule has 3 heterocycles. The summed E-state index contributed by atoms with van der Waals surface area (Å²) in [5.74, 6) is -0.0625. The van der Waals surface area contributed by atoms with E-state index in [0.717, 1.165) is 38.7 Å². The maximum Gasteiger partial charge on any atom is 0.155 e. The maximum atomic E-state index is 10.0. The minimum atomic E-state index is -0.125. The van der Waals surface area contributed by atoms with Crippen LogP contribution in [0.25, 0.3) is 32.2 Å². The third kappa shape index (κ3) is 5.35. The zero-order valence-electron chi connectivity index (χ0n) is 16.6. The average Bonchev–Trinajstić information content (AvgIpc) is 3.09. The van der Waals surface area contributed by atoms with E-state index in [2.05, 4.69) is 53.5 Å². The topological polar surface area (TPSA) is 63.1 Å².